The molecule has 0 radical (unpaired) electrons. The molecule has 0 aromatic carbocycles. The maximum Gasteiger partial charge on any atom is 0.120 e. The minimum atomic E-state index is 0. The van der Waals surface area contributed by atoms with E-state index in [-0.39, 0.29) is 18.4 Å². The van der Waals surface area contributed by atoms with Crippen LogP contribution in [0.15, 0.2) is 16.5 Å². The molecule has 0 amide bonds. The van der Waals surface area contributed by atoms with Crippen LogP contribution in [0.5, 0.6) is 0 Å². The number of halogens is 1. The quantitative estimate of drug-likeness (QED) is 0.766. The monoisotopic (exact) mass is 217 g/mol. The first-order chi connectivity index (χ1) is 6.24. The van der Waals surface area contributed by atoms with Gasteiger partial charge in [-0.1, -0.05) is 26.2 Å². The van der Waals surface area contributed by atoms with E-state index < -0.39 is 0 Å². The van der Waals surface area contributed by atoms with E-state index in [0.717, 1.165) is 17.9 Å². The molecule has 82 valence electrons. The molecule has 0 bridgehead atoms. The zero-order valence-corrected chi connectivity index (χ0v) is 9.77. The van der Waals surface area contributed by atoms with Crippen LogP contribution < -0.4 is 5.73 Å². The predicted molar refractivity (Wildman–Crippen MR) is 61.8 cm³/mol. The number of nitrogens with two attached hydrogens (primary N) is 1. The van der Waals surface area contributed by atoms with E-state index in [9.17, 15) is 0 Å². The molecule has 1 aromatic rings. The van der Waals surface area contributed by atoms with Gasteiger partial charge >= 0.3 is 0 Å². The molecular weight excluding hydrogens is 198 g/mol. The standard InChI is InChI=1S/C11H19NO.ClH/c1-3-4-5-6-10(12)11-8-7-9(2)13-11;/h7-8,10H,3-6,12H2,1-2H3;1H/t10-;/m1./s1. The normalized spacial score (nSPS) is 12.2. The zero-order chi connectivity index (χ0) is 9.68. The summed E-state index contributed by atoms with van der Waals surface area (Å²) in [7, 11) is 0. The summed E-state index contributed by atoms with van der Waals surface area (Å²) in [5, 5.41) is 0. The number of unbranched alkanes of at least 4 members (excludes halogenated alkanes) is 2. The summed E-state index contributed by atoms with van der Waals surface area (Å²) in [6.07, 6.45) is 4.72. The van der Waals surface area contributed by atoms with E-state index in [1.807, 2.05) is 19.1 Å². The van der Waals surface area contributed by atoms with Crippen LogP contribution >= 0.6 is 12.4 Å². The average molecular weight is 218 g/mol. The van der Waals surface area contributed by atoms with Gasteiger partial charge in [0.2, 0.25) is 0 Å². The van der Waals surface area contributed by atoms with Gasteiger partial charge in [-0.05, 0) is 25.5 Å². The highest BCUT2D eigenvalue weighted by Crippen LogP contribution is 2.19. The van der Waals surface area contributed by atoms with E-state index in [0.29, 0.717) is 0 Å². The van der Waals surface area contributed by atoms with Crippen LogP contribution in [0.2, 0.25) is 0 Å². The molecule has 1 rings (SSSR count). The second-order valence-electron chi connectivity index (χ2n) is 3.55. The summed E-state index contributed by atoms with van der Waals surface area (Å²) in [4.78, 5) is 0. The SMILES string of the molecule is CCCCC[C@@H](N)c1ccc(C)o1.Cl. The maximum atomic E-state index is 5.96. The van der Waals surface area contributed by atoms with Crippen LogP contribution in [-0.4, -0.2) is 0 Å². The summed E-state index contributed by atoms with van der Waals surface area (Å²) in [5.41, 5.74) is 5.96. The number of hydrogen-bond donors (Lipinski definition) is 1. The lowest BCUT2D eigenvalue weighted by molar-refractivity contribution is 0.426. The molecule has 1 heterocycles. The third-order valence-electron chi connectivity index (χ3n) is 2.25. The molecular formula is C11H20ClNO. The van der Waals surface area contributed by atoms with Crippen molar-refractivity contribution in [2.24, 2.45) is 5.73 Å². The first kappa shape index (κ1) is 13.5. The molecule has 14 heavy (non-hydrogen) atoms. The van der Waals surface area contributed by atoms with Gasteiger partial charge in [0.25, 0.3) is 0 Å². The van der Waals surface area contributed by atoms with Crippen molar-refractivity contribution in [2.45, 2.75) is 45.6 Å². The van der Waals surface area contributed by atoms with Crippen LogP contribution in [0.25, 0.3) is 0 Å². The first-order valence-electron chi connectivity index (χ1n) is 5.06. The highest BCUT2D eigenvalue weighted by atomic mass is 35.5. The Morgan fingerprint density at radius 1 is 1.36 bits per heavy atom. The molecule has 2 nitrogen and oxygen atoms in total. The Kier molecular flexibility index (Phi) is 6.67. The Labute approximate surface area is 92.3 Å². The minimum Gasteiger partial charge on any atom is -0.465 e. The molecule has 0 aliphatic carbocycles. The van der Waals surface area contributed by atoms with E-state index in [1.54, 1.807) is 0 Å². The fourth-order valence-corrected chi connectivity index (χ4v) is 1.41. The average Bonchev–Trinajstić information content (AvgIpc) is 2.52. The molecule has 0 aliphatic heterocycles. The molecule has 0 unspecified atom stereocenters. The molecule has 0 aliphatic rings. The summed E-state index contributed by atoms with van der Waals surface area (Å²) >= 11 is 0. The third-order valence-corrected chi connectivity index (χ3v) is 2.25. The van der Waals surface area contributed by atoms with Gasteiger partial charge in [0.05, 0.1) is 6.04 Å². The lowest BCUT2D eigenvalue weighted by atomic mass is 10.1. The number of aryl methyl sites for hydroxylation is 1. The fourth-order valence-electron chi connectivity index (χ4n) is 1.41. The number of furan rings is 1. The van der Waals surface area contributed by atoms with Crippen LogP contribution in [0.4, 0.5) is 0 Å². The van der Waals surface area contributed by atoms with Gasteiger partial charge in [-0.25, -0.2) is 0 Å². The van der Waals surface area contributed by atoms with Crippen LogP contribution in [0, 0.1) is 6.92 Å². The van der Waals surface area contributed by atoms with Crippen molar-refractivity contribution < 1.29 is 4.42 Å². The molecule has 2 N–H and O–H groups in total. The first-order valence-corrected chi connectivity index (χ1v) is 5.06. The van der Waals surface area contributed by atoms with Gasteiger partial charge in [-0.3, -0.25) is 0 Å². The van der Waals surface area contributed by atoms with Gasteiger partial charge in [0, 0.05) is 0 Å². The van der Waals surface area contributed by atoms with Crippen LogP contribution in [0.3, 0.4) is 0 Å². The van der Waals surface area contributed by atoms with Crippen molar-refractivity contribution in [1.29, 1.82) is 0 Å². The van der Waals surface area contributed by atoms with Crippen molar-refractivity contribution in [1.82, 2.24) is 0 Å². The van der Waals surface area contributed by atoms with Crippen LogP contribution in [-0.2, 0) is 0 Å². The predicted octanol–water partition coefficient (Wildman–Crippen LogP) is 3.59. The maximum absolute atomic E-state index is 5.96. The Morgan fingerprint density at radius 2 is 2.07 bits per heavy atom. The van der Waals surface area contributed by atoms with Gasteiger partial charge in [0.15, 0.2) is 0 Å². The Bertz CT molecular complexity index is 247. The molecule has 0 saturated heterocycles. The second-order valence-corrected chi connectivity index (χ2v) is 3.55. The van der Waals surface area contributed by atoms with E-state index in [1.165, 1.54) is 19.3 Å². The largest absolute Gasteiger partial charge is 0.465 e. The van der Waals surface area contributed by atoms with Crippen molar-refractivity contribution in [3.63, 3.8) is 0 Å². The summed E-state index contributed by atoms with van der Waals surface area (Å²) < 4.78 is 5.45. The molecule has 0 saturated carbocycles. The minimum absolute atomic E-state index is 0. The summed E-state index contributed by atoms with van der Waals surface area (Å²) in [6.45, 7) is 4.14. The van der Waals surface area contributed by atoms with Gasteiger partial charge < -0.3 is 10.2 Å². The Hall–Kier alpha value is -0.470. The van der Waals surface area contributed by atoms with Gasteiger partial charge in [-0.2, -0.15) is 0 Å². The van der Waals surface area contributed by atoms with Gasteiger partial charge in [-0.15, -0.1) is 12.4 Å². The summed E-state index contributed by atoms with van der Waals surface area (Å²) in [5.74, 6) is 1.87. The molecule has 1 aromatic heterocycles. The Balaban J connectivity index is 0.00000169. The van der Waals surface area contributed by atoms with E-state index >= 15 is 0 Å². The van der Waals surface area contributed by atoms with Crippen molar-refractivity contribution in [2.75, 3.05) is 0 Å². The van der Waals surface area contributed by atoms with Crippen LogP contribution in [0.1, 0.15) is 50.2 Å². The number of hydrogen-bond acceptors (Lipinski definition) is 2. The van der Waals surface area contributed by atoms with Crippen molar-refractivity contribution >= 4 is 12.4 Å². The molecule has 0 spiro atoms. The topological polar surface area (TPSA) is 39.2 Å². The third kappa shape index (κ3) is 4.16. The highest BCUT2D eigenvalue weighted by molar-refractivity contribution is 5.85. The molecule has 1 atom stereocenters. The molecule has 0 fully saturated rings. The van der Waals surface area contributed by atoms with Crippen molar-refractivity contribution in [3.05, 3.63) is 23.7 Å². The highest BCUT2D eigenvalue weighted by Gasteiger charge is 2.08. The second kappa shape index (κ2) is 6.91. The number of rotatable bonds is 5. The lowest BCUT2D eigenvalue weighted by Gasteiger charge is -2.07. The fraction of sp³-hybridized carbons (Fsp3) is 0.636. The lowest BCUT2D eigenvalue weighted by Crippen LogP contribution is -2.08. The zero-order valence-electron chi connectivity index (χ0n) is 8.95. The summed E-state index contributed by atoms with van der Waals surface area (Å²) in [6, 6.07) is 4.03. The van der Waals surface area contributed by atoms with Crippen molar-refractivity contribution in [3.8, 4) is 0 Å². The van der Waals surface area contributed by atoms with Gasteiger partial charge in [0.1, 0.15) is 11.5 Å². The van der Waals surface area contributed by atoms with E-state index in [2.05, 4.69) is 6.92 Å². The Morgan fingerprint density at radius 3 is 2.57 bits per heavy atom. The van der Waals surface area contributed by atoms with E-state index in [4.69, 9.17) is 10.2 Å². The smallest absolute Gasteiger partial charge is 0.120 e. The molecule has 3 heteroatoms.